The third kappa shape index (κ3) is 5.49. The van der Waals surface area contributed by atoms with Crippen LogP contribution < -0.4 is 9.47 Å². The molecule has 0 spiro atoms. The second-order valence-electron chi connectivity index (χ2n) is 7.04. The van der Waals surface area contributed by atoms with Gasteiger partial charge in [-0.25, -0.2) is 4.79 Å². The van der Waals surface area contributed by atoms with Gasteiger partial charge in [-0.1, -0.05) is 12.1 Å². The van der Waals surface area contributed by atoms with Crippen LogP contribution in [0.1, 0.15) is 5.56 Å². The van der Waals surface area contributed by atoms with Crippen LogP contribution in [0.5, 0.6) is 23.0 Å². The molecule has 0 saturated carbocycles. The van der Waals surface area contributed by atoms with Crippen LogP contribution in [0.3, 0.4) is 0 Å². The number of fused-ring (bicyclic) bond motifs is 1. The van der Waals surface area contributed by atoms with E-state index in [1.807, 2.05) is 0 Å². The molecule has 0 amide bonds. The summed E-state index contributed by atoms with van der Waals surface area (Å²) in [7, 11) is 1.29. The predicted octanol–water partition coefficient (Wildman–Crippen LogP) is 7.15. The first-order valence-electron chi connectivity index (χ1n) is 9.87. The van der Waals surface area contributed by atoms with E-state index in [0.717, 1.165) is 15.6 Å². The monoisotopic (exact) mass is 486 g/mol. The number of aromatic hydroxyl groups is 1. The number of thiophene rings is 1. The van der Waals surface area contributed by atoms with Gasteiger partial charge >= 0.3 is 12.3 Å². The average Bonchev–Trinajstić information content (AvgIpc) is 3.15. The molecule has 3 aromatic carbocycles. The molecule has 4 aromatic rings. The number of rotatable bonds is 6. The van der Waals surface area contributed by atoms with E-state index in [1.54, 1.807) is 42.5 Å². The lowest BCUT2D eigenvalue weighted by Crippen LogP contribution is -2.16. The van der Waals surface area contributed by atoms with Crippen molar-refractivity contribution < 1.29 is 37.3 Å². The molecule has 0 atom stereocenters. The van der Waals surface area contributed by atoms with E-state index in [2.05, 4.69) is 9.47 Å². The molecular weight excluding hydrogens is 469 g/mol. The summed E-state index contributed by atoms with van der Waals surface area (Å²) in [6.07, 6.45) is -1.86. The molecule has 0 aliphatic carbocycles. The molecule has 174 valence electrons. The van der Waals surface area contributed by atoms with Crippen molar-refractivity contribution in [1.82, 2.24) is 0 Å². The molecule has 34 heavy (non-hydrogen) atoms. The molecule has 0 aliphatic rings. The molecule has 1 aromatic heterocycles. The molecule has 9 heteroatoms. The summed E-state index contributed by atoms with van der Waals surface area (Å²) in [6, 6.07) is 17.3. The summed E-state index contributed by atoms with van der Waals surface area (Å²) in [6.45, 7) is 0. The summed E-state index contributed by atoms with van der Waals surface area (Å²) in [4.78, 5) is 11.9. The first-order valence-corrected chi connectivity index (χ1v) is 10.7. The zero-order chi connectivity index (χ0) is 24.3. The van der Waals surface area contributed by atoms with Gasteiger partial charge in [0.25, 0.3) is 0 Å². The first kappa shape index (κ1) is 23.2. The summed E-state index contributed by atoms with van der Waals surface area (Å²) < 4.78 is 52.9. The Morgan fingerprint density at radius 1 is 0.971 bits per heavy atom. The third-order valence-corrected chi connectivity index (χ3v) is 5.87. The number of alkyl halides is 3. The van der Waals surface area contributed by atoms with Crippen molar-refractivity contribution in [2.45, 2.75) is 6.36 Å². The van der Waals surface area contributed by atoms with Gasteiger partial charge in [0.05, 0.1) is 12.0 Å². The van der Waals surface area contributed by atoms with E-state index in [9.17, 15) is 23.1 Å². The number of hydrogen-bond acceptors (Lipinski definition) is 6. The van der Waals surface area contributed by atoms with Crippen LogP contribution in [0.2, 0.25) is 0 Å². The summed E-state index contributed by atoms with van der Waals surface area (Å²) in [5, 5.41) is 10.6. The number of hydrogen-bond donors (Lipinski definition) is 1. The van der Waals surface area contributed by atoms with Gasteiger partial charge < -0.3 is 19.3 Å². The van der Waals surface area contributed by atoms with Gasteiger partial charge in [0, 0.05) is 16.2 Å². The van der Waals surface area contributed by atoms with Crippen molar-refractivity contribution in [2.24, 2.45) is 0 Å². The lowest BCUT2D eigenvalue weighted by atomic mass is 10.1. The molecule has 0 radical (unpaired) electrons. The smallest absolute Gasteiger partial charge is 0.508 e. The lowest BCUT2D eigenvalue weighted by Gasteiger charge is -2.11. The van der Waals surface area contributed by atoms with Crippen LogP contribution in [0.4, 0.5) is 13.2 Å². The van der Waals surface area contributed by atoms with Crippen molar-refractivity contribution in [3.8, 4) is 33.4 Å². The van der Waals surface area contributed by atoms with E-state index in [1.165, 1.54) is 54.9 Å². The number of ether oxygens (including phenoxy) is 3. The molecular formula is C25H17F3O5S. The van der Waals surface area contributed by atoms with Crippen molar-refractivity contribution in [1.29, 1.82) is 0 Å². The fraction of sp³-hybridized carbons (Fsp3) is 0.0800. The molecule has 1 heterocycles. The topological polar surface area (TPSA) is 65.0 Å². The molecule has 1 N–H and O–H groups in total. The maximum absolute atomic E-state index is 12.5. The Labute approximate surface area is 196 Å². The van der Waals surface area contributed by atoms with E-state index in [0.29, 0.717) is 21.9 Å². The fourth-order valence-corrected chi connectivity index (χ4v) is 4.33. The highest BCUT2D eigenvalue weighted by molar-refractivity contribution is 7.22. The van der Waals surface area contributed by atoms with Crippen molar-refractivity contribution in [3.05, 3.63) is 78.4 Å². The summed E-state index contributed by atoms with van der Waals surface area (Å²) in [5.41, 5.74) is 1.39. The first-order chi connectivity index (χ1) is 16.2. The number of halogens is 3. The quantitative estimate of drug-likeness (QED) is 0.232. The minimum atomic E-state index is -4.77. The fourth-order valence-electron chi connectivity index (χ4n) is 3.16. The number of carbonyl (C=O) groups excluding carboxylic acids is 1. The Kier molecular flexibility index (Phi) is 6.47. The maximum Gasteiger partial charge on any atom is 0.573 e. The standard InChI is InChI=1S/C25H17F3O5S/c1-31-22(30)13-4-15-2-8-18(9-3-15)32-23-20-12-7-17(29)14-21(20)34-24(23)16-5-10-19(11-6-16)33-25(26,27)28/h2-14,29H,1H3. The van der Waals surface area contributed by atoms with Crippen molar-refractivity contribution >= 4 is 33.5 Å². The van der Waals surface area contributed by atoms with Gasteiger partial charge in [-0.05, 0) is 71.8 Å². The molecule has 0 aliphatic heterocycles. The van der Waals surface area contributed by atoms with Gasteiger partial charge in [0.15, 0.2) is 5.75 Å². The Bertz CT molecular complexity index is 1340. The molecule has 0 unspecified atom stereocenters. The number of methoxy groups -OCH3 is 1. The van der Waals surface area contributed by atoms with E-state index in [-0.39, 0.29) is 11.5 Å². The SMILES string of the molecule is COC(=O)C=Cc1ccc(Oc2c(-c3ccc(OC(F)(F)F)cc3)sc3cc(O)ccc23)cc1. The predicted molar refractivity (Wildman–Crippen MR) is 123 cm³/mol. The lowest BCUT2D eigenvalue weighted by molar-refractivity contribution is -0.274. The molecule has 0 bridgehead atoms. The second-order valence-corrected chi connectivity index (χ2v) is 8.09. The van der Waals surface area contributed by atoms with Gasteiger partial charge in [0.2, 0.25) is 0 Å². The van der Waals surface area contributed by atoms with Crippen LogP contribution in [0, 0.1) is 0 Å². The Morgan fingerprint density at radius 2 is 1.65 bits per heavy atom. The van der Waals surface area contributed by atoms with Gasteiger partial charge in [-0.3, -0.25) is 0 Å². The van der Waals surface area contributed by atoms with Crippen molar-refractivity contribution in [2.75, 3.05) is 7.11 Å². The van der Waals surface area contributed by atoms with Crippen LogP contribution in [-0.4, -0.2) is 24.5 Å². The van der Waals surface area contributed by atoms with E-state index >= 15 is 0 Å². The minimum Gasteiger partial charge on any atom is -0.508 e. The highest BCUT2D eigenvalue weighted by atomic mass is 32.1. The Morgan fingerprint density at radius 3 is 2.29 bits per heavy atom. The van der Waals surface area contributed by atoms with Gasteiger partial charge in [0.1, 0.15) is 17.2 Å². The van der Waals surface area contributed by atoms with E-state index in [4.69, 9.17) is 4.74 Å². The van der Waals surface area contributed by atoms with Gasteiger partial charge in [-0.15, -0.1) is 24.5 Å². The highest BCUT2D eigenvalue weighted by Crippen LogP contribution is 2.47. The molecule has 0 fully saturated rings. The second kappa shape index (κ2) is 9.48. The largest absolute Gasteiger partial charge is 0.573 e. The third-order valence-electron chi connectivity index (χ3n) is 4.69. The number of carbonyl (C=O) groups is 1. The number of phenolic OH excluding ortho intramolecular Hbond substituents is 1. The van der Waals surface area contributed by atoms with Crippen LogP contribution in [-0.2, 0) is 9.53 Å². The van der Waals surface area contributed by atoms with Crippen molar-refractivity contribution in [3.63, 3.8) is 0 Å². The average molecular weight is 486 g/mol. The molecule has 5 nitrogen and oxygen atoms in total. The summed E-state index contributed by atoms with van der Waals surface area (Å²) in [5.74, 6) is 0.309. The maximum atomic E-state index is 12.5. The summed E-state index contributed by atoms with van der Waals surface area (Å²) >= 11 is 1.34. The molecule has 0 saturated heterocycles. The minimum absolute atomic E-state index is 0.0857. The molecule has 4 rings (SSSR count). The zero-order valence-electron chi connectivity index (χ0n) is 17.6. The normalized spacial score (nSPS) is 11.6. The number of esters is 1. The van der Waals surface area contributed by atoms with Crippen LogP contribution in [0.15, 0.2) is 72.8 Å². The number of benzene rings is 3. The van der Waals surface area contributed by atoms with Gasteiger partial charge in [-0.2, -0.15) is 0 Å². The Hall–Kier alpha value is -3.98. The Balaban J connectivity index is 1.67. The van der Waals surface area contributed by atoms with Crippen LogP contribution >= 0.6 is 11.3 Å². The zero-order valence-corrected chi connectivity index (χ0v) is 18.4. The highest BCUT2D eigenvalue weighted by Gasteiger charge is 2.31. The number of phenols is 1. The van der Waals surface area contributed by atoms with E-state index < -0.39 is 12.3 Å². The van der Waals surface area contributed by atoms with Crippen LogP contribution in [0.25, 0.3) is 26.6 Å².